The molecule has 1 aromatic heterocycles. The number of rotatable bonds is 4. The van der Waals surface area contributed by atoms with E-state index in [0.29, 0.717) is 31.4 Å². The molecule has 1 aromatic carbocycles. The first-order valence-electron chi connectivity index (χ1n) is 9.43. The van der Waals surface area contributed by atoms with Gasteiger partial charge in [0.05, 0.1) is 6.04 Å². The Morgan fingerprint density at radius 3 is 2.67 bits per heavy atom. The van der Waals surface area contributed by atoms with Gasteiger partial charge >= 0.3 is 12.3 Å². The van der Waals surface area contributed by atoms with E-state index in [1.54, 1.807) is 0 Å². The molecule has 2 aromatic rings. The van der Waals surface area contributed by atoms with Crippen LogP contribution in [0.25, 0.3) is 0 Å². The van der Waals surface area contributed by atoms with Crippen LogP contribution in [0.1, 0.15) is 24.5 Å². The van der Waals surface area contributed by atoms with Crippen molar-refractivity contribution in [2.45, 2.75) is 38.0 Å². The Morgan fingerprint density at radius 1 is 1.33 bits per heavy atom. The molecule has 2 N–H and O–H groups in total. The van der Waals surface area contributed by atoms with Crippen LogP contribution < -0.4 is 10.2 Å². The van der Waals surface area contributed by atoms with E-state index in [-0.39, 0.29) is 18.0 Å². The Bertz CT molecular complexity index is 987. The van der Waals surface area contributed by atoms with Gasteiger partial charge in [0.2, 0.25) is 5.95 Å². The van der Waals surface area contributed by atoms with E-state index in [0.717, 1.165) is 17.7 Å². The molecule has 4 rings (SSSR count). The molecule has 0 aliphatic carbocycles. The first-order chi connectivity index (χ1) is 14.2. The van der Waals surface area contributed by atoms with Crippen LogP contribution in [0.5, 0.6) is 0 Å². The fourth-order valence-electron chi connectivity index (χ4n) is 4.12. The van der Waals surface area contributed by atoms with Crippen LogP contribution in [0, 0.1) is 0 Å². The third-order valence-corrected chi connectivity index (χ3v) is 5.87. The van der Waals surface area contributed by atoms with Crippen molar-refractivity contribution in [3.8, 4) is 0 Å². The molecule has 3 heterocycles. The number of amides is 1. The van der Waals surface area contributed by atoms with E-state index in [9.17, 15) is 23.1 Å². The van der Waals surface area contributed by atoms with Gasteiger partial charge in [0.15, 0.2) is 0 Å². The van der Waals surface area contributed by atoms with Crippen molar-refractivity contribution in [1.29, 1.82) is 0 Å². The van der Waals surface area contributed by atoms with Crippen LogP contribution in [0.4, 0.5) is 35.3 Å². The highest BCUT2D eigenvalue weighted by atomic mass is 35.5. The number of carboxylic acid groups (broad SMARTS) is 1. The number of carbonyl (C=O) groups is 1. The second kappa shape index (κ2) is 7.50. The van der Waals surface area contributed by atoms with E-state index in [1.165, 1.54) is 4.90 Å². The van der Waals surface area contributed by atoms with Gasteiger partial charge < -0.3 is 20.2 Å². The van der Waals surface area contributed by atoms with Gasteiger partial charge in [-0.1, -0.05) is 18.5 Å². The molecule has 11 heteroatoms. The Labute approximate surface area is 175 Å². The minimum Gasteiger partial charge on any atom is -0.465 e. The highest BCUT2D eigenvalue weighted by Gasteiger charge is 2.45. The molecule has 2 fully saturated rings. The molecule has 1 amide bonds. The average Bonchev–Trinajstić information content (AvgIpc) is 3.28. The summed E-state index contributed by atoms with van der Waals surface area (Å²) in [6, 6.07) is 5.87. The Morgan fingerprint density at radius 2 is 2.10 bits per heavy atom. The minimum atomic E-state index is -4.61. The summed E-state index contributed by atoms with van der Waals surface area (Å²) >= 11 is 5.67. The number of nitrogens with zero attached hydrogens (tertiary/aromatic N) is 4. The lowest BCUT2D eigenvalue weighted by molar-refractivity contribution is -0.137. The van der Waals surface area contributed by atoms with E-state index >= 15 is 0 Å². The second-order valence-corrected chi connectivity index (χ2v) is 7.70. The summed E-state index contributed by atoms with van der Waals surface area (Å²) in [6.07, 6.45) is -3.35. The maximum atomic E-state index is 12.8. The Balaban J connectivity index is 1.53. The number of halogens is 4. The van der Waals surface area contributed by atoms with E-state index < -0.39 is 23.0 Å². The summed E-state index contributed by atoms with van der Waals surface area (Å²) in [4.78, 5) is 22.4. The van der Waals surface area contributed by atoms with Crippen molar-refractivity contribution in [3.63, 3.8) is 0 Å². The number of anilines is 3. The summed E-state index contributed by atoms with van der Waals surface area (Å²) in [5, 5.41) is 11.5. The zero-order valence-electron chi connectivity index (χ0n) is 15.9. The standard InChI is InChI=1S/C19H19ClF3N5O2/c1-2-10-5-11(27-8-13-6-12(27)9-28(13)18(29)30)3-4-15(10)25-17-24-7-14(16(20)26-17)19(21,22)23/h3-5,7,12-13H,2,6,8-9H2,1H3,(H,29,30)(H,24,25,26)/t12-,13-/m0/s1. The van der Waals surface area contributed by atoms with Crippen LogP contribution in [0.3, 0.4) is 0 Å². The lowest BCUT2D eigenvalue weighted by Crippen LogP contribution is -2.48. The fourth-order valence-corrected chi connectivity index (χ4v) is 4.36. The van der Waals surface area contributed by atoms with Crippen molar-refractivity contribution in [3.05, 3.63) is 40.7 Å². The van der Waals surface area contributed by atoms with E-state index in [2.05, 4.69) is 20.2 Å². The summed E-state index contributed by atoms with van der Waals surface area (Å²) in [5.74, 6) is -0.0206. The monoisotopic (exact) mass is 441 g/mol. The van der Waals surface area contributed by atoms with Crippen LogP contribution in [-0.4, -0.2) is 51.2 Å². The molecular weight excluding hydrogens is 423 g/mol. The van der Waals surface area contributed by atoms with Crippen LogP contribution in [0.15, 0.2) is 24.4 Å². The topological polar surface area (TPSA) is 81.6 Å². The molecule has 7 nitrogen and oxygen atoms in total. The van der Waals surface area contributed by atoms with Crippen molar-refractivity contribution in [2.24, 2.45) is 0 Å². The zero-order chi connectivity index (χ0) is 21.6. The first kappa shape index (κ1) is 20.5. The van der Waals surface area contributed by atoms with Crippen molar-refractivity contribution in [1.82, 2.24) is 14.9 Å². The highest BCUT2D eigenvalue weighted by Crippen LogP contribution is 2.37. The van der Waals surface area contributed by atoms with E-state index in [1.807, 2.05) is 25.1 Å². The quantitative estimate of drug-likeness (QED) is 0.685. The number of hydrogen-bond acceptors (Lipinski definition) is 5. The second-order valence-electron chi connectivity index (χ2n) is 7.35. The van der Waals surface area contributed by atoms with Gasteiger partial charge in [0.25, 0.3) is 0 Å². The van der Waals surface area contributed by atoms with Crippen molar-refractivity contribution in [2.75, 3.05) is 23.3 Å². The van der Waals surface area contributed by atoms with Gasteiger partial charge in [0, 0.05) is 36.7 Å². The molecule has 30 heavy (non-hydrogen) atoms. The number of benzene rings is 1. The molecule has 2 bridgehead atoms. The number of hydrogen-bond donors (Lipinski definition) is 2. The number of likely N-dealkylation sites (tertiary alicyclic amines) is 1. The Kier molecular flexibility index (Phi) is 5.13. The lowest BCUT2D eigenvalue weighted by Gasteiger charge is -2.34. The van der Waals surface area contributed by atoms with Gasteiger partial charge in [0.1, 0.15) is 10.7 Å². The van der Waals surface area contributed by atoms with Crippen LogP contribution in [0.2, 0.25) is 5.15 Å². The number of nitrogens with one attached hydrogen (secondary N) is 1. The SMILES string of the molecule is CCc1cc(N2C[C@@H]3C[C@H]2CN3C(=O)O)ccc1Nc1ncc(C(F)(F)F)c(Cl)n1. The Hall–Kier alpha value is -2.75. The molecule has 2 saturated heterocycles. The molecule has 0 radical (unpaired) electrons. The largest absolute Gasteiger partial charge is 0.465 e. The molecule has 0 saturated carbocycles. The van der Waals surface area contributed by atoms with Gasteiger partial charge in [-0.2, -0.15) is 13.2 Å². The molecule has 0 unspecified atom stereocenters. The van der Waals surface area contributed by atoms with Gasteiger partial charge in [-0.25, -0.2) is 14.8 Å². The molecular formula is C19H19ClF3N5O2. The number of fused-ring (bicyclic) bond motifs is 2. The van der Waals surface area contributed by atoms with Gasteiger partial charge in [-0.3, -0.25) is 0 Å². The summed E-state index contributed by atoms with van der Waals surface area (Å²) < 4.78 is 38.5. The highest BCUT2D eigenvalue weighted by molar-refractivity contribution is 6.30. The third-order valence-electron chi connectivity index (χ3n) is 5.58. The van der Waals surface area contributed by atoms with Gasteiger partial charge in [-0.15, -0.1) is 0 Å². The first-order valence-corrected chi connectivity index (χ1v) is 9.81. The number of piperazine rings is 1. The number of aryl methyl sites for hydroxylation is 1. The molecule has 0 spiro atoms. The molecule has 160 valence electrons. The molecule has 2 aliphatic rings. The minimum absolute atomic E-state index is 0.00179. The average molecular weight is 442 g/mol. The predicted octanol–water partition coefficient (Wildman–Crippen LogP) is 4.40. The molecule has 2 aliphatic heterocycles. The maximum absolute atomic E-state index is 12.8. The van der Waals surface area contributed by atoms with Crippen molar-refractivity contribution >= 4 is 35.0 Å². The molecule has 2 atom stereocenters. The van der Waals surface area contributed by atoms with Crippen molar-refractivity contribution < 1.29 is 23.1 Å². The van der Waals surface area contributed by atoms with Crippen LogP contribution in [-0.2, 0) is 12.6 Å². The van der Waals surface area contributed by atoms with Crippen LogP contribution >= 0.6 is 11.6 Å². The lowest BCUT2D eigenvalue weighted by atomic mass is 10.1. The summed E-state index contributed by atoms with van der Waals surface area (Å²) in [6.45, 7) is 3.09. The predicted molar refractivity (Wildman–Crippen MR) is 105 cm³/mol. The fraction of sp³-hybridized carbons (Fsp3) is 0.421. The zero-order valence-corrected chi connectivity index (χ0v) is 16.7. The third kappa shape index (κ3) is 3.71. The normalized spacial score (nSPS) is 20.7. The number of aromatic nitrogens is 2. The summed E-state index contributed by atoms with van der Waals surface area (Å²) in [5.41, 5.74) is 1.51. The maximum Gasteiger partial charge on any atom is 0.420 e. The number of alkyl halides is 3. The smallest absolute Gasteiger partial charge is 0.420 e. The summed E-state index contributed by atoms with van der Waals surface area (Å²) in [7, 11) is 0. The van der Waals surface area contributed by atoms with Gasteiger partial charge in [-0.05, 0) is 36.6 Å². The van der Waals surface area contributed by atoms with E-state index in [4.69, 9.17) is 11.6 Å².